The van der Waals surface area contributed by atoms with Crippen molar-refractivity contribution in [2.45, 2.75) is 26.3 Å². The Kier molecular flexibility index (Phi) is 6.48. The van der Waals surface area contributed by atoms with Crippen LogP contribution in [0.2, 0.25) is 0 Å². The molecule has 0 radical (unpaired) electrons. The van der Waals surface area contributed by atoms with Gasteiger partial charge in [-0.15, -0.1) is 0 Å². The number of carbonyl (C=O) groups is 2. The van der Waals surface area contributed by atoms with E-state index in [1.807, 2.05) is 25.1 Å². The van der Waals surface area contributed by atoms with Gasteiger partial charge in [0.05, 0.1) is 31.1 Å². The molecule has 2 N–H and O–H groups in total. The molecule has 0 fully saturated rings. The van der Waals surface area contributed by atoms with Gasteiger partial charge < -0.3 is 14.8 Å². The molecule has 8 nitrogen and oxygen atoms in total. The summed E-state index contributed by atoms with van der Waals surface area (Å²) >= 11 is 1.39. The van der Waals surface area contributed by atoms with Gasteiger partial charge in [-0.05, 0) is 36.6 Å². The minimum Gasteiger partial charge on any atom is -0.479 e. The second-order valence-electron chi connectivity index (χ2n) is 7.43. The SMILES string of the molecule is COc1ncc(C2=CCOCC2)c2sc(NC(=O)c3ccc([C@@H](C)NC(C)=O)cc3)nc12. The molecule has 0 saturated carbocycles. The lowest BCUT2D eigenvalue weighted by molar-refractivity contribution is -0.119. The summed E-state index contributed by atoms with van der Waals surface area (Å²) < 4.78 is 11.7. The Morgan fingerprint density at radius 1 is 1.25 bits per heavy atom. The van der Waals surface area contributed by atoms with E-state index in [0.29, 0.717) is 35.3 Å². The Bertz CT molecular complexity index is 1190. The van der Waals surface area contributed by atoms with Crippen molar-refractivity contribution in [1.82, 2.24) is 15.3 Å². The van der Waals surface area contributed by atoms with Crippen LogP contribution in [0.15, 0.2) is 36.5 Å². The number of anilines is 1. The molecule has 9 heteroatoms. The number of rotatable bonds is 6. The monoisotopic (exact) mass is 452 g/mol. The number of methoxy groups -OCH3 is 1. The van der Waals surface area contributed by atoms with Crippen LogP contribution in [-0.2, 0) is 9.53 Å². The van der Waals surface area contributed by atoms with E-state index in [-0.39, 0.29) is 17.9 Å². The third kappa shape index (κ3) is 4.63. The van der Waals surface area contributed by atoms with Crippen molar-refractivity contribution in [3.8, 4) is 5.88 Å². The molecule has 2 aromatic heterocycles. The van der Waals surface area contributed by atoms with Gasteiger partial charge in [0.1, 0.15) is 5.52 Å². The third-order valence-electron chi connectivity index (χ3n) is 5.20. The maximum absolute atomic E-state index is 12.8. The number of pyridine rings is 1. The van der Waals surface area contributed by atoms with Crippen LogP contribution in [0.4, 0.5) is 5.13 Å². The number of ether oxygens (including phenoxy) is 2. The number of hydrogen-bond donors (Lipinski definition) is 2. The molecule has 1 atom stereocenters. The smallest absolute Gasteiger partial charge is 0.257 e. The molecule has 1 aliphatic rings. The summed E-state index contributed by atoms with van der Waals surface area (Å²) in [5.41, 5.74) is 4.18. The summed E-state index contributed by atoms with van der Waals surface area (Å²) in [6.45, 7) is 4.61. The highest BCUT2D eigenvalue weighted by molar-refractivity contribution is 7.22. The highest BCUT2D eigenvalue weighted by atomic mass is 32.1. The predicted octanol–water partition coefficient (Wildman–Crippen LogP) is 3.95. The molecule has 0 unspecified atom stereocenters. The summed E-state index contributed by atoms with van der Waals surface area (Å²) in [6.07, 6.45) is 4.64. The number of fused-ring (bicyclic) bond motifs is 1. The molecule has 1 aromatic carbocycles. The minimum absolute atomic E-state index is 0.101. The zero-order valence-corrected chi connectivity index (χ0v) is 18.9. The number of benzene rings is 1. The maximum Gasteiger partial charge on any atom is 0.257 e. The van der Waals surface area contributed by atoms with Gasteiger partial charge in [-0.2, -0.15) is 0 Å². The average molecular weight is 453 g/mol. The fraction of sp³-hybridized carbons (Fsp3) is 0.304. The summed E-state index contributed by atoms with van der Waals surface area (Å²) in [5, 5.41) is 6.18. The van der Waals surface area contributed by atoms with E-state index in [1.54, 1.807) is 25.4 Å². The molecule has 0 spiro atoms. The topological polar surface area (TPSA) is 102 Å². The fourth-order valence-corrected chi connectivity index (χ4v) is 4.57. The first kappa shape index (κ1) is 21.9. The summed E-state index contributed by atoms with van der Waals surface area (Å²) in [4.78, 5) is 33.0. The number of carbonyl (C=O) groups excluding carboxylic acids is 2. The van der Waals surface area contributed by atoms with Crippen molar-refractivity contribution in [1.29, 1.82) is 0 Å². The number of thiazole rings is 1. The Balaban J connectivity index is 1.58. The minimum atomic E-state index is -0.262. The van der Waals surface area contributed by atoms with Gasteiger partial charge in [0.2, 0.25) is 11.8 Å². The van der Waals surface area contributed by atoms with Crippen LogP contribution in [0.3, 0.4) is 0 Å². The first-order valence-electron chi connectivity index (χ1n) is 10.3. The van der Waals surface area contributed by atoms with Crippen LogP contribution in [-0.4, -0.2) is 42.1 Å². The lowest BCUT2D eigenvalue weighted by Gasteiger charge is -2.14. The molecule has 3 aromatic rings. The van der Waals surface area contributed by atoms with Crippen LogP contribution < -0.4 is 15.4 Å². The zero-order valence-electron chi connectivity index (χ0n) is 18.1. The van der Waals surface area contributed by atoms with E-state index in [1.165, 1.54) is 18.3 Å². The van der Waals surface area contributed by atoms with Gasteiger partial charge >= 0.3 is 0 Å². The lowest BCUT2D eigenvalue weighted by atomic mass is 10.0. The number of nitrogens with zero attached hydrogens (tertiary/aromatic N) is 2. The normalized spacial score (nSPS) is 14.5. The molecule has 4 rings (SSSR count). The molecular formula is C23H24N4O4S. The highest BCUT2D eigenvalue weighted by Crippen LogP contribution is 2.37. The largest absolute Gasteiger partial charge is 0.479 e. The Labute approximate surface area is 189 Å². The second kappa shape index (κ2) is 9.46. The van der Waals surface area contributed by atoms with Crippen molar-refractivity contribution in [3.05, 3.63) is 53.2 Å². The molecule has 2 amide bonds. The van der Waals surface area contributed by atoms with Crippen LogP contribution in [0.25, 0.3) is 15.8 Å². The summed E-state index contributed by atoms with van der Waals surface area (Å²) in [7, 11) is 1.55. The van der Waals surface area contributed by atoms with Gasteiger partial charge in [-0.1, -0.05) is 29.5 Å². The van der Waals surface area contributed by atoms with Crippen LogP contribution in [0.5, 0.6) is 5.88 Å². The number of nitrogens with one attached hydrogen (secondary N) is 2. The van der Waals surface area contributed by atoms with Gasteiger partial charge in [-0.3, -0.25) is 14.9 Å². The molecule has 0 bridgehead atoms. The maximum atomic E-state index is 12.8. The number of aromatic nitrogens is 2. The third-order valence-corrected chi connectivity index (χ3v) is 6.21. The van der Waals surface area contributed by atoms with E-state index >= 15 is 0 Å². The molecule has 32 heavy (non-hydrogen) atoms. The van der Waals surface area contributed by atoms with Crippen molar-refractivity contribution in [2.24, 2.45) is 0 Å². The highest BCUT2D eigenvalue weighted by Gasteiger charge is 2.19. The van der Waals surface area contributed by atoms with Crippen LogP contribution >= 0.6 is 11.3 Å². The predicted molar refractivity (Wildman–Crippen MR) is 124 cm³/mol. The fourth-order valence-electron chi connectivity index (χ4n) is 3.57. The summed E-state index contributed by atoms with van der Waals surface area (Å²) in [5.74, 6) is 0.0574. The van der Waals surface area contributed by atoms with Gasteiger partial charge in [-0.25, -0.2) is 9.97 Å². The number of hydrogen-bond acceptors (Lipinski definition) is 7. The Hall–Kier alpha value is -3.30. The number of amides is 2. The van der Waals surface area contributed by atoms with Crippen molar-refractivity contribution in [2.75, 3.05) is 25.6 Å². The van der Waals surface area contributed by atoms with Crippen LogP contribution in [0.1, 0.15) is 47.8 Å². The first-order chi connectivity index (χ1) is 15.5. The second-order valence-corrected chi connectivity index (χ2v) is 8.43. The van der Waals surface area contributed by atoms with Crippen molar-refractivity contribution < 1.29 is 19.1 Å². The van der Waals surface area contributed by atoms with E-state index in [9.17, 15) is 9.59 Å². The summed E-state index contributed by atoms with van der Waals surface area (Å²) in [6, 6.07) is 6.99. The Morgan fingerprint density at radius 2 is 2.03 bits per heavy atom. The quantitative estimate of drug-likeness (QED) is 0.587. The van der Waals surface area contributed by atoms with E-state index in [4.69, 9.17) is 9.47 Å². The average Bonchev–Trinajstić information content (AvgIpc) is 3.22. The van der Waals surface area contributed by atoms with Crippen molar-refractivity contribution in [3.63, 3.8) is 0 Å². The van der Waals surface area contributed by atoms with E-state index < -0.39 is 0 Å². The van der Waals surface area contributed by atoms with Gasteiger partial charge in [0, 0.05) is 24.2 Å². The molecule has 1 aliphatic heterocycles. The molecular weight excluding hydrogens is 428 g/mol. The van der Waals surface area contributed by atoms with E-state index in [2.05, 4.69) is 20.6 Å². The molecule has 166 valence electrons. The standard InChI is InChI=1S/C23H24N4O4S/c1-13(25-14(2)28)15-4-6-17(7-5-15)21(29)27-23-26-19-20(32-23)18(12-24-22(19)30-3)16-8-10-31-11-9-16/h4-8,12-13H,9-11H2,1-3H3,(H,25,28)(H,26,27,29)/t13-/m1/s1. The molecule has 0 saturated heterocycles. The van der Waals surface area contributed by atoms with Gasteiger partial charge in [0.15, 0.2) is 5.13 Å². The van der Waals surface area contributed by atoms with E-state index in [0.717, 1.165) is 27.8 Å². The zero-order chi connectivity index (χ0) is 22.7. The molecule has 0 aliphatic carbocycles. The van der Waals surface area contributed by atoms with Gasteiger partial charge in [0.25, 0.3) is 5.91 Å². The van der Waals surface area contributed by atoms with Crippen LogP contribution in [0, 0.1) is 0 Å². The Morgan fingerprint density at radius 3 is 2.69 bits per heavy atom. The first-order valence-corrected chi connectivity index (χ1v) is 11.1. The molecule has 3 heterocycles. The lowest BCUT2D eigenvalue weighted by Crippen LogP contribution is -2.23. The van der Waals surface area contributed by atoms with Crippen molar-refractivity contribution >= 4 is 44.1 Å².